The number of hydrogen-bond donors (Lipinski definition) is 3. The minimum atomic E-state index is -3.50. The summed E-state index contributed by atoms with van der Waals surface area (Å²) in [7, 11) is -3.50. The third-order valence-corrected chi connectivity index (χ3v) is 4.52. The van der Waals surface area contributed by atoms with Gasteiger partial charge in [0, 0.05) is 13.2 Å². The van der Waals surface area contributed by atoms with Gasteiger partial charge in [0.15, 0.2) is 5.03 Å². The van der Waals surface area contributed by atoms with Gasteiger partial charge in [-0.05, 0) is 31.6 Å². The van der Waals surface area contributed by atoms with Crippen LogP contribution in [0.15, 0.2) is 11.2 Å². The van der Waals surface area contributed by atoms with E-state index in [-0.39, 0.29) is 17.0 Å². The van der Waals surface area contributed by atoms with Gasteiger partial charge in [-0.15, -0.1) is 0 Å². The van der Waals surface area contributed by atoms with Gasteiger partial charge in [0.05, 0.1) is 6.20 Å². The van der Waals surface area contributed by atoms with E-state index in [0.717, 1.165) is 12.8 Å². The van der Waals surface area contributed by atoms with E-state index in [1.54, 1.807) is 6.92 Å². The molecule has 7 heteroatoms. The van der Waals surface area contributed by atoms with Crippen LogP contribution in [0.1, 0.15) is 25.1 Å². The van der Waals surface area contributed by atoms with Gasteiger partial charge in [-0.1, -0.05) is 0 Å². The Balaban J connectivity index is 1.99. The van der Waals surface area contributed by atoms with Gasteiger partial charge in [-0.3, -0.25) is 0 Å². The standard InChI is InChI=1S/C10H17N3O3S/c1-8-11-6-9(13-8)17(15,16)12-7-10(2-3-10)4-5-14/h6,12,14H,2-5,7H2,1H3,(H,11,13). The number of imidazole rings is 1. The highest BCUT2D eigenvalue weighted by molar-refractivity contribution is 7.89. The molecule has 0 saturated heterocycles. The Labute approximate surface area is 101 Å². The lowest BCUT2D eigenvalue weighted by Crippen LogP contribution is -2.31. The first-order valence-electron chi connectivity index (χ1n) is 5.60. The second-order valence-electron chi connectivity index (χ2n) is 4.63. The van der Waals surface area contributed by atoms with Gasteiger partial charge in [0.25, 0.3) is 10.0 Å². The van der Waals surface area contributed by atoms with Gasteiger partial charge >= 0.3 is 0 Å². The number of aryl methyl sites for hydroxylation is 1. The Morgan fingerprint density at radius 2 is 2.29 bits per heavy atom. The number of hydrogen-bond acceptors (Lipinski definition) is 4. The molecule has 17 heavy (non-hydrogen) atoms. The number of sulfonamides is 1. The van der Waals surface area contributed by atoms with Gasteiger partial charge in [-0.25, -0.2) is 18.1 Å². The molecular formula is C10H17N3O3S. The topological polar surface area (TPSA) is 95.1 Å². The van der Waals surface area contributed by atoms with E-state index in [0.29, 0.717) is 18.8 Å². The van der Waals surface area contributed by atoms with E-state index in [1.807, 2.05) is 0 Å². The number of aliphatic hydroxyl groups excluding tert-OH is 1. The summed E-state index contributed by atoms with van der Waals surface area (Å²) in [6, 6.07) is 0. The molecule has 0 aliphatic heterocycles. The fourth-order valence-corrected chi connectivity index (χ4v) is 2.92. The van der Waals surface area contributed by atoms with E-state index < -0.39 is 10.0 Å². The zero-order valence-corrected chi connectivity index (χ0v) is 10.5. The predicted molar refractivity (Wildman–Crippen MR) is 61.9 cm³/mol. The Morgan fingerprint density at radius 3 is 2.76 bits per heavy atom. The van der Waals surface area contributed by atoms with Gasteiger partial charge in [0.2, 0.25) is 0 Å². The van der Waals surface area contributed by atoms with E-state index in [1.165, 1.54) is 6.20 Å². The summed E-state index contributed by atoms with van der Waals surface area (Å²) >= 11 is 0. The quantitative estimate of drug-likeness (QED) is 0.678. The molecule has 3 N–H and O–H groups in total. The first-order chi connectivity index (χ1) is 7.97. The molecule has 0 amide bonds. The van der Waals surface area contributed by atoms with Crippen molar-refractivity contribution in [3.8, 4) is 0 Å². The van der Waals surface area contributed by atoms with Crippen molar-refractivity contribution in [2.75, 3.05) is 13.2 Å². The number of aromatic nitrogens is 2. The molecular weight excluding hydrogens is 242 g/mol. The highest BCUT2D eigenvalue weighted by Gasteiger charge is 2.42. The molecule has 1 aromatic heterocycles. The lowest BCUT2D eigenvalue weighted by atomic mass is 10.0. The maximum atomic E-state index is 11.9. The van der Waals surface area contributed by atoms with Crippen molar-refractivity contribution >= 4 is 10.0 Å². The molecule has 0 unspecified atom stereocenters. The zero-order chi connectivity index (χ0) is 12.5. The summed E-state index contributed by atoms with van der Waals surface area (Å²) in [6.07, 6.45) is 3.90. The fourth-order valence-electron chi connectivity index (χ4n) is 1.79. The average molecular weight is 259 g/mol. The van der Waals surface area contributed by atoms with Crippen molar-refractivity contribution < 1.29 is 13.5 Å². The van der Waals surface area contributed by atoms with Crippen molar-refractivity contribution in [1.82, 2.24) is 14.7 Å². The Kier molecular flexibility index (Phi) is 3.24. The molecule has 1 fully saturated rings. The van der Waals surface area contributed by atoms with E-state index in [9.17, 15) is 8.42 Å². The third kappa shape index (κ3) is 2.85. The predicted octanol–water partition coefficient (Wildman–Crippen LogP) is 0.159. The number of rotatable bonds is 6. The van der Waals surface area contributed by atoms with Crippen LogP contribution in [-0.2, 0) is 10.0 Å². The van der Waals surface area contributed by atoms with Crippen LogP contribution < -0.4 is 4.72 Å². The Hall–Kier alpha value is -0.920. The van der Waals surface area contributed by atoms with Crippen LogP contribution >= 0.6 is 0 Å². The SMILES string of the molecule is Cc1ncc(S(=O)(=O)NCC2(CCO)CC2)[nH]1. The van der Waals surface area contributed by atoms with E-state index in [2.05, 4.69) is 14.7 Å². The fraction of sp³-hybridized carbons (Fsp3) is 0.700. The van der Waals surface area contributed by atoms with Gasteiger partial charge in [-0.2, -0.15) is 0 Å². The maximum absolute atomic E-state index is 11.9. The highest BCUT2D eigenvalue weighted by Crippen LogP contribution is 2.48. The third-order valence-electron chi connectivity index (χ3n) is 3.21. The number of nitrogens with zero attached hydrogens (tertiary/aromatic N) is 1. The molecule has 2 rings (SSSR count). The molecule has 1 saturated carbocycles. The van der Waals surface area contributed by atoms with Crippen LogP contribution in [0.2, 0.25) is 0 Å². The maximum Gasteiger partial charge on any atom is 0.257 e. The summed E-state index contributed by atoms with van der Waals surface area (Å²) in [5, 5.41) is 8.99. The van der Waals surface area contributed by atoms with Crippen LogP contribution in [0.4, 0.5) is 0 Å². The molecule has 1 aromatic rings. The lowest BCUT2D eigenvalue weighted by molar-refractivity contribution is 0.249. The molecule has 6 nitrogen and oxygen atoms in total. The summed E-state index contributed by atoms with van der Waals surface area (Å²) in [4.78, 5) is 6.56. The van der Waals surface area contributed by atoms with Crippen LogP contribution in [0, 0.1) is 12.3 Å². The highest BCUT2D eigenvalue weighted by atomic mass is 32.2. The number of H-pyrrole nitrogens is 1. The zero-order valence-electron chi connectivity index (χ0n) is 9.73. The normalized spacial score (nSPS) is 18.2. The van der Waals surface area contributed by atoms with Crippen LogP contribution in [0.5, 0.6) is 0 Å². The molecule has 0 spiro atoms. The molecule has 1 aliphatic rings. The molecule has 96 valence electrons. The second kappa shape index (κ2) is 4.40. The average Bonchev–Trinajstić information content (AvgIpc) is 2.89. The Bertz CT molecular complexity index is 491. The van der Waals surface area contributed by atoms with Crippen molar-refractivity contribution in [2.24, 2.45) is 5.41 Å². The molecule has 1 aliphatic carbocycles. The number of nitrogens with one attached hydrogen (secondary N) is 2. The minimum Gasteiger partial charge on any atom is -0.396 e. The van der Waals surface area contributed by atoms with Crippen LogP contribution in [0.3, 0.4) is 0 Å². The van der Waals surface area contributed by atoms with E-state index >= 15 is 0 Å². The molecule has 0 bridgehead atoms. The monoisotopic (exact) mass is 259 g/mol. The van der Waals surface area contributed by atoms with Crippen molar-refractivity contribution in [2.45, 2.75) is 31.2 Å². The van der Waals surface area contributed by atoms with Crippen molar-refractivity contribution in [3.63, 3.8) is 0 Å². The summed E-state index contributed by atoms with van der Waals surface area (Å²) in [5.74, 6) is 0.571. The molecule has 0 aromatic carbocycles. The summed E-state index contributed by atoms with van der Waals surface area (Å²) in [6.45, 7) is 2.19. The smallest absolute Gasteiger partial charge is 0.257 e. The van der Waals surface area contributed by atoms with Crippen molar-refractivity contribution in [3.05, 3.63) is 12.0 Å². The summed E-state index contributed by atoms with van der Waals surface area (Å²) < 4.78 is 26.3. The summed E-state index contributed by atoms with van der Waals surface area (Å²) in [5.41, 5.74) is -0.0309. The van der Waals surface area contributed by atoms with Gasteiger partial charge in [0.1, 0.15) is 5.82 Å². The van der Waals surface area contributed by atoms with Gasteiger partial charge < -0.3 is 10.1 Å². The number of aliphatic hydroxyl groups is 1. The number of aromatic amines is 1. The first kappa shape index (κ1) is 12.5. The van der Waals surface area contributed by atoms with E-state index in [4.69, 9.17) is 5.11 Å². The minimum absolute atomic E-state index is 0.0309. The van der Waals surface area contributed by atoms with Crippen LogP contribution in [-0.4, -0.2) is 36.6 Å². The van der Waals surface area contributed by atoms with Crippen molar-refractivity contribution in [1.29, 1.82) is 0 Å². The molecule has 1 heterocycles. The molecule has 0 radical (unpaired) electrons. The first-order valence-corrected chi connectivity index (χ1v) is 7.08. The molecule has 0 atom stereocenters. The Morgan fingerprint density at radius 1 is 1.59 bits per heavy atom. The second-order valence-corrected chi connectivity index (χ2v) is 6.37. The van der Waals surface area contributed by atoms with Crippen LogP contribution in [0.25, 0.3) is 0 Å². The largest absolute Gasteiger partial charge is 0.396 e. The lowest BCUT2D eigenvalue weighted by Gasteiger charge is -2.13.